The molecule has 1 saturated heterocycles. The number of hydrogen-bond donors (Lipinski definition) is 4. The number of carbonyl (C=O) groups excluding carboxylic acids is 3. The van der Waals surface area contributed by atoms with Crippen molar-refractivity contribution in [2.75, 3.05) is 10.6 Å². The molecule has 1 unspecified atom stereocenters. The average Bonchev–Trinajstić information content (AvgIpc) is 3.00. The molecule has 4 N–H and O–H groups in total. The molecule has 150 valence electrons. The lowest BCUT2D eigenvalue weighted by atomic mass is 9.78. The fourth-order valence-corrected chi connectivity index (χ4v) is 4.32. The average molecular weight is 400 g/mol. The summed E-state index contributed by atoms with van der Waals surface area (Å²) >= 11 is 0. The van der Waals surface area contributed by atoms with E-state index in [2.05, 4.69) is 21.3 Å². The number of fused-ring (bicyclic) bond motifs is 2. The van der Waals surface area contributed by atoms with Gasteiger partial charge in [0.15, 0.2) is 0 Å². The quantitative estimate of drug-likeness (QED) is 0.495. The van der Waals surface area contributed by atoms with Gasteiger partial charge in [0.25, 0.3) is 5.91 Å². The highest BCUT2D eigenvalue weighted by Gasteiger charge is 2.47. The lowest BCUT2D eigenvalue weighted by Crippen LogP contribution is -2.51. The van der Waals surface area contributed by atoms with Crippen molar-refractivity contribution < 1.29 is 14.4 Å². The Morgan fingerprint density at radius 1 is 0.933 bits per heavy atom. The summed E-state index contributed by atoms with van der Waals surface area (Å²) in [6, 6.07) is 18.5. The first kappa shape index (κ1) is 18.2. The zero-order valence-electron chi connectivity index (χ0n) is 16.1. The third-order valence-electron chi connectivity index (χ3n) is 5.83. The van der Waals surface area contributed by atoms with E-state index < -0.39 is 11.6 Å². The molecule has 1 aliphatic heterocycles. The number of rotatable bonds is 2. The maximum Gasteiger partial charge on any atom is 0.323 e. The van der Waals surface area contributed by atoms with Gasteiger partial charge in [-0.15, -0.1) is 0 Å². The zero-order chi connectivity index (χ0) is 20.7. The fourth-order valence-electron chi connectivity index (χ4n) is 4.32. The van der Waals surface area contributed by atoms with E-state index in [1.54, 1.807) is 0 Å². The van der Waals surface area contributed by atoms with Gasteiger partial charge in [-0.1, -0.05) is 42.5 Å². The maximum absolute atomic E-state index is 12.6. The van der Waals surface area contributed by atoms with Crippen LogP contribution in [0.4, 0.5) is 21.0 Å². The molecule has 5 amide bonds. The first-order chi connectivity index (χ1) is 14.5. The van der Waals surface area contributed by atoms with Crippen LogP contribution in [-0.2, 0) is 17.6 Å². The van der Waals surface area contributed by atoms with E-state index in [9.17, 15) is 14.4 Å². The van der Waals surface area contributed by atoms with Gasteiger partial charge in [0.05, 0.1) is 5.69 Å². The molecule has 7 heteroatoms. The Bertz CT molecular complexity index is 1200. The minimum absolute atomic E-state index is 0.269. The number of hydrogen-bond acceptors (Lipinski definition) is 3. The molecule has 1 fully saturated rings. The molecule has 30 heavy (non-hydrogen) atoms. The maximum atomic E-state index is 12.6. The van der Waals surface area contributed by atoms with Crippen LogP contribution < -0.4 is 21.3 Å². The van der Waals surface area contributed by atoms with Crippen LogP contribution >= 0.6 is 0 Å². The van der Waals surface area contributed by atoms with E-state index in [1.807, 2.05) is 60.7 Å². The lowest BCUT2D eigenvalue weighted by Gasteiger charge is -2.32. The summed E-state index contributed by atoms with van der Waals surface area (Å²) in [4.78, 5) is 36.3. The van der Waals surface area contributed by atoms with Gasteiger partial charge in [0.1, 0.15) is 5.54 Å². The molecule has 0 aromatic heterocycles. The summed E-state index contributed by atoms with van der Waals surface area (Å²) in [6.07, 6.45) is 1.62. The van der Waals surface area contributed by atoms with Gasteiger partial charge < -0.3 is 16.0 Å². The van der Waals surface area contributed by atoms with Crippen molar-refractivity contribution in [1.82, 2.24) is 10.6 Å². The van der Waals surface area contributed by atoms with E-state index in [0.29, 0.717) is 24.9 Å². The number of benzene rings is 3. The Kier molecular flexibility index (Phi) is 4.17. The largest absolute Gasteiger partial charge is 0.323 e. The Balaban J connectivity index is 1.31. The van der Waals surface area contributed by atoms with Crippen molar-refractivity contribution in [1.29, 1.82) is 0 Å². The molecule has 0 bridgehead atoms. The van der Waals surface area contributed by atoms with Crippen LogP contribution in [0.15, 0.2) is 60.7 Å². The van der Waals surface area contributed by atoms with Crippen molar-refractivity contribution in [3.05, 3.63) is 71.8 Å². The van der Waals surface area contributed by atoms with Crippen molar-refractivity contribution in [3.8, 4) is 0 Å². The van der Waals surface area contributed by atoms with Crippen LogP contribution in [0.25, 0.3) is 10.8 Å². The van der Waals surface area contributed by atoms with E-state index in [4.69, 9.17) is 0 Å². The molecule has 3 aromatic rings. The highest BCUT2D eigenvalue weighted by molar-refractivity contribution is 6.08. The van der Waals surface area contributed by atoms with Gasteiger partial charge in [-0.25, -0.2) is 9.59 Å². The second-order valence-corrected chi connectivity index (χ2v) is 7.76. The number of amides is 5. The molecule has 7 nitrogen and oxygen atoms in total. The molecule has 1 aliphatic carbocycles. The van der Waals surface area contributed by atoms with Gasteiger partial charge >= 0.3 is 12.1 Å². The Hall–Kier alpha value is -3.87. The molecule has 1 spiro atoms. The molecule has 0 saturated carbocycles. The van der Waals surface area contributed by atoms with Crippen molar-refractivity contribution >= 4 is 40.1 Å². The van der Waals surface area contributed by atoms with Gasteiger partial charge in [-0.3, -0.25) is 10.1 Å². The van der Waals surface area contributed by atoms with Crippen LogP contribution in [0, 0.1) is 0 Å². The molecule has 1 heterocycles. The third-order valence-corrected chi connectivity index (χ3v) is 5.83. The van der Waals surface area contributed by atoms with Crippen LogP contribution in [0.3, 0.4) is 0 Å². The molecule has 5 rings (SSSR count). The van der Waals surface area contributed by atoms with Crippen LogP contribution in [0.5, 0.6) is 0 Å². The number of imide groups is 1. The third kappa shape index (κ3) is 3.14. The standard InChI is InChI=1S/C23H20N4O3/c28-20-23(27-22(30)26-20)11-10-15-12-17(9-8-16(15)13-23)24-21(29)25-19-7-3-5-14-4-1-2-6-18(14)19/h1-9,12H,10-11,13H2,(H2,24,25,29)(H2,26,27,28,30). The smallest absolute Gasteiger partial charge is 0.323 e. The highest BCUT2D eigenvalue weighted by Crippen LogP contribution is 2.32. The van der Waals surface area contributed by atoms with E-state index >= 15 is 0 Å². The summed E-state index contributed by atoms with van der Waals surface area (Å²) < 4.78 is 0. The number of carbonyl (C=O) groups is 3. The second kappa shape index (κ2) is 6.88. The van der Waals surface area contributed by atoms with Gasteiger partial charge in [-0.2, -0.15) is 0 Å². The molecule has 3 aromatic carbocycles. The summed E-state index contributed by atoms with van der Waals surface area (Å²) in [6.45, 7) is 0. The Labute approximate surface area is 172 Å². The number of urea groups is 2. The topological polar surface area (TPSA) is 99.3 Å². The van der Waals surface area contributed by atoms with Crippen molar-refractivity contribution in [3.63, 3.8) is 0 Å². The van der Waals surface area contributed by atoms with Crippen molar-refractivity contribution in [2.24, 2.45) is 0 Å². The minimum Gasteiger partial charge on any atom is -0.323 e. The molecule has 0 radical (unpaired) electrons. The van der Waals surface area contributed by atoms with E-state index in [1.165, 1.54) is 0 Å². The van der Waals surface area contributed by atoms with Gasteiger partial charge in [-0.05, 0) is 47.6 Å². The predicted octanol–water partition coefficient (Wildman–Crippen LogP) is 3.55. The van der Waals surface area contributed by atoms with Gasteiger partial charge in [0.2, 0.25) is 0 Å². The number of aryl methyl sites for hydroxylation is 1. The molecular weight excluding hydrogens is 380 g/mol. The van der Waals surface area contributed by atoms with E-state index in [0.717, 1.165) is 27.6 Å². The number of nitrogens with one attached hydrogen (secondary N) is 4. The molecular formula is C23H20N4O3. The monoisotopic (exact) mass is 400 g/mol. The first-order valence-electron chi connectivity index (χ1n) is 9.84. The van der Waals surface area contributed by atoms with Crippen LogP contribution in [0.2, 0.25) is 0 Å². The summed E-state index contributed by atoms with van der Waals surface area (Å²) in [5.74, 6) is -0.269. The fraction of sp³-hybridized carbons (Fsp3) is 0.174. The van der Waals surface area contributed by atoms with Crippen LogP contribution in [0.1, 0.15) is 17.5 Å². The summed E-state index contributed by atoms with van der Waals surface area (Å²) in [5, 5.41) is 12.9. The SMILES string of the molecule is O=C(Nc1ccc2c(c1)CCC1(C2)NC(=O)NC1=O)Nc1cccc2ccccc12. The molecule has 2 aliphatic rings. The lowest BCUT2D eigenvalue weighted by molar-refractivity contribution is -0.124. The predicted molar refractivity (Wildman–Crippen MR) is 114 cm³/mol. The Morgan fingerprint density at radius 2 is 1.77 bits per heavy atom. The summed E-state index contributed by atoms with van der Waals surface area (Å²) in [7, 11) is 0. The van der Waals surface area contributed by atoms with Gasteiger partial charge in [0, 0.05) is 17.5 Å². The summed E-state index contributed by atoms with van der Waals surface area (Å²) in [5.41, 5.74) is 2.64. The minimum atomic E-state index is -0.856. The zero-order valence-corrected chi connectivity index (χ0v) is 16.1. The second-order valence-electron chi connectivity index (χ2n) is 7.76. The highest BCUT2D eigenvalue weighted by atomic mass is 16.2. The van der Waals surface area contributed by atoms with E-state index in [-0.39, 0.29) is 11.9 Å². The first-order valence-corrected chi connectivity index (χ1v) is 9.84. The molecule has 1 atom stereocenters. The van der Waals surface area contributed by atoms with Crippen LogP contribution in [-0.4, -0.2) is 23.5 Å². The van der Waals surface area contributed by atoms with Crippen molar-refractivity contribution in [2.45, 2.75) is 24.8 Å². The Morgan fingerprint density at radius 3 is 2.60 bits per heavy atom. The number of anilines is 2. The normalized spacial score (nSPS) is 19.9.